The monoisotopic (exact) mass is 487 g/mol. The van der Waals surface area contributed by atoms with Crippen LogP contribution in [0.15, 0.2) is 54.7 Å². The summed E-state index contributed by atoms with van der Waals surface area (Å²) in [6.07, 6.45) is 0.357. The van der Waals surface area contributed by atoms with Gasteiger partial charge in [0.05, 0.1) is 22.9 Å². The van der Waals surface area contributed by atoms with Gasteiger partial charge in [-0.3, -0.25) is 9.78 Å². The number of carbonyl (C=O) groups is 2. The topological polar surface area (TPSA) is 89.6 Å². The fourth-order valence-corrected chi connectivity index (χ4v) is 4.04. The molecule has 2 atom stereocenters. The van der Waals surface area contributed by atoms with Crippen LogP contribution in [0.4, 0.5) is 19.3 Å². The number of nitrogens with zero attached hydrogens (tertiary/aromatic N) is 1. The van der Waals surface area contributed by atoms with Crippen LogP contribution in [0.25, 0.3) is 0 Å². The Hall–Kier alpha value is -3.56. The molecule has 2 amide bonds. The first kappa shape index (κ1) is 23.6. The number of anilines is 1. The lowest BCUT2D eigenvalue weighted by Crippen LogP contribution is -2.35. The number of alkyl carbamates (subject to hydrolysis) is 1. The maximum Gasteiger partial charge on any atom is 0.408 e. The first-order valence-corrected chi connectivity index (χ1v) is 10.7. The Morgan fingerprint density at radius 2 is 1.94 bits per heavy atom. The number of fused-ring (bicyclic) bond motifs is 1. The van der Waals surface area contributed by atoms with Crippen molar-refractivity contribution in [2.75, 3.05) is 12.4 Å². The number of aromatic nitrogens is 1. The molecule has 7 nitrogen and oxygen atoms in total. The van der Waals surface area contributed by atoms with E-state index >= 15 is 0 Å². The summed E-state index contributed by atoms with van der Waals surface area (Å²) in [4.78, 5) is 29.4. The number of rotatable bonds is 6. The third-order valence-electron chi connectivity index (χ3n) is 5.47. The molecule has 10 heteroatoms. The number of hydrogen-bond acceptors (Lipinski definition) is 5. The molecule has 0 saturated carbocycles. The smallest absolute Gasteiger partial charge is 0.408 e. The zero-order valence-electron chi connectivity index (χ0n) is 18.0. The second-order valence-electron chi connectivity index (χ2n) is 7.57. The summed E-state index contributed by atoms with van der Waals surface area (Å²) in [7, 11) is 1.43. The number of benzene rings is 2. The van der Waals surface area contributed by atoms with Gasteiger partial charge in [-0.1, -0.05) is 17.7 Å². The molecule has 3 aromatic rings. The van der Waals surface area contributed by atoms with Crippen molar-refractivity contribution in [1.29, 1.82) is 0 Å². The van der Waals surface area contributed by atoms with Crippen molar-refractivity contribution in [2.24, 2.45) is 0 Å². The minimum absolute atomic E-state index is 0.0605. The van der Waals surface area contributed by atoms with Crippen LogP contribution in [0, 0.1) is 11.6 Å². The largest absolute Gasteiger partial charge is 0.443 e. The molecular weight excluding hydrogens is 468 g/mol. The average molecular weight is 488 g/mol. The highest BCUT2D eigenvalue weighted by Crippen LogP contribution is 2.37. The summed E-state index contributed by atoms with van der Waals surface area (Å²) < 4.78 is 39.0. The standard InChI is InChI=1S/C24H20ClF2N3O4/c1-33-20-11-16-15(23(31)29-13-5-7-18(26)17(25)10-13)6-8-19(27)21(16)22(20)30-24(32)34-12-14-4-2-3-9-28-14/h2-10,20,22H,11-12H2,1H3,(H,29,31)(H,30,32). The maximum atomic E-state index is 14.9. The molecule has 1 heterocycles. The summed E-state index contributed by atoms with van der Waals surface area (Å²) in [6, 6.07) is 10.6. The SMILES string of the molecule is COC1Cc2c(C(=O)Nc3ccc(F)c(Cl)c3)ccc(F)c2C1NC(=O)OCc1ccccn1. The van der Waals surface area contributed by atoms with Crippen molar-refractivity contribution in [1.82, 2.24) is 10.3 Å². The van der Waals surface area contributed by atoms with E-state index in [1.807, 2.05) is 0 Å². The molecule has 2 unspecified atom stereocenters. The quantitative estimate of drug-likeness (QED) is 0.521. The highest BCUT2D eigenvalue weighted by molar-refractivity contribution is 6.31. The maximum absolute atomic E-state index is 14.9. The van der Waals surface area contributed by atoms with Crippen molar-refractivity contribution in [3.63, 3.8) is 0 Å². The Bertz CT molecular complexity index is 1230. The van der Waals surface area contributed by atoms with Gasteiger partial charge in [-0.15, -0.1) is 0 Å². The molecule has 0 bridgehead atoms. The van der Waals surface area contributed by atoms with Crippen LogP contribution in [0.3, 0.4) is 0 Å². The molecule has 0 spiro atoms. The van der Waals surface area contributed by atoms with Gasteiger partial charge in [-0.05, 0) is 48.0 Å². The van der Waals surface area contributed by atoms with E-state index in [4.69, 9.17) is 21.1 Å². The predicted molar refractivity (Wildman–Crippen MR) is 121 cm³/mol. The lowest BCUT2D eigenvalue weighted by molar-refractivity contribution is 0.0703. The lowest BCUT2D eigenvalue weighted by atomic mass is 10.0. The average Bonchev–Trinajstić information content (AvgIpc) is 3.20. The summed E-state index contributed by atoms with van der Waals surface area (Å²) in [6.45, 7) is -0.0605. The summed E-state index contributed by atoms with van der Waals surface area (Å²) in [5.41, 5.74) is 1.58. The van der Waals surface area contributed by atoms with E-state index in [1.165, 1.54) is 25.3 Å². The molecule has 34 heavy (non-hydrogen) atoms. The highest BCUT2D eigenvalue weighted by atomic mass is 35.5. The number of halogens is 3. The van der Waals surface area contributed by atoms with Gasteiger partial charge in [0.25, 0.3) is 5.91 Å². The van der Waals surface area contributed by atoms with Gasteiger partial charge in [0.15, 0.2) is 0 Å². The van der Waals surface area contributed by atoms with Crippen LogP contribution in [0.2, 0.25) is 5.02 Å². The van der Waals surface area contributed by atoms with Crippen molar-refractivity contribution in [3.05, 3.63) is 93.8 Å². The van der Waals surface area contributed by atoms with Gasteiger partial charge in [0.2, 0.25) is 0 Å². The van der Waals surface area contributed by atoms with Crippen LogP contribution in [-0.2, 0) is 22.5 Å². The first-order valence-electron chi connectivity index (χ1n) is 10.3. The molecular formula is C24H20ClF2N3O4. The van der Waals surface area contributed by atoms with E-state index in [-0.39, 0.29) is 34.9 Å². The van der Waals surface area contributed by atoms with Gasteiger partial charge in [0.1, 0.15) is 18.2 Å². The molecule has 1 aliphatic rings. The number of carbonyl (C=O) groups excluding carboxylic acids is 2. The Morgan fingerprint density at radius 1 is 1.15 bits per heavy atom. The number of nitrogens with one attached hydrogen (secondary N) is 2. The van der Waals surface area contributed by atoms with Crippen LogP contribution in [0.5, 0.6) is 0 Å². The predicted octanol–water partition coefficient (Wildman–Crippen LogP) is 4.80. The zero-order chi connectivity index (χ0) is 24.2. The molecule has 2 N–H and O–H groups in total. The van der Waals surface area contributed by atoms with Crippen molar-refractivity contribution in [2.45, 2.75) is 25.2 Å². The Kier molecular flexibility index (Phi) is 7.04. The van der Waals surface area contributed by atoms with Crippen LogP contribution in [0.1, 0.15) is 33.2 Å². The molecule has 0 radical (unpaired) electrons. The summed E-state index contributed by atoms with van der Waals surface area (Å²) in [5, 5.41) is 5.12. The molecule has 0 saturated heterocycles. The Balaban J connectivity index is 1.54. The van der Waals surface area contributed by atoms with Crippen LogP contribution >= 0.6 is 11.6 Å². The molecule has 1 aliphatic carbocycles. The van der Waals surface area contributed by atoms with E-state index in [9.17, 15) is 18.4 Å². The Morgan fingerprint density at radius 3 is 2.65 bits per heavy atom. The number of ether oxygens (including phenoxy) is 2. The van der Waals surface area contributed by atoms with E-state index in [2.05, 4.69) is 15.6 Å². The lowest BCUT2D eigenvalue weighted by Gasteiger charge is -2.20. The molecule has 0 fully saturated rings. The summed E-state index contributed by atoms with van der Waals surface area (Å²) >= 11 is 5.78. The van der Waals surface area contributed by atoms with Gasteiger partial charge in [-0.25, -0.2) is 13.6 Å². The summed E-state index contributed by atoms with van der Waals surface area (Å²) in [5.74, 6) is -1.74. The fourth-order valence-electron chi connectivity index (χ4n) is 3.86. The van der Waals surface area contributed by atoms with Gasteiger partial charge < -0.3 is 20.1 Å². The second-order valence-corrected chi connectivity index (χ2v) is 7.97. The van der Waals surface area contributed by atoms with E-state index in [0.29, 0.717) is 11.3 Å². The van der Waals surface area contributed by atoms with Gasteiger partial charge >= 0.3 is 6.09 Å². The van der Waals surface area contributed by atoms with E-state index < -0.39 is 35.8 Å². The number of hydrogen-bond donors (Lipinski definition) is 2. The van der Waals surface area contributed by atoms with Crippen molar-refractivity contribution >= 4 is 29.3 Å². The number of amides is 2. The van der Waals surface area contributed by atoms with Crippen LogP contribution < -0.4 is 10.6 Å². The first-order chi connectivity index (χ1) is 16.4. The molecule has 1 aromatic heterocycles. The minimum Gasteiger partial charge on any atom is -0.443 e. The van der Waals surface area contributed by atoms with E-state index in [0.717, 1.165) is 12.1 Å². The molecule has 4 rings (SSSR count). The van der Waals surface area contributed by atoms with Crippen molar-refractivity contribution < 1.29 is 27.8 Å². The Labute approximate surface area is 199 Å². The third-order valence-corrected chi connectivity index (χ3v) is 5.76. The minimum atomic E-state index is -0.871. The molecule has 176 valence electrons. The normalized spacial score (nSPS) is 16.6. The van der Waals surface area contributed by atoms with Crippen LogP contribution in [-0.4, -0.2) is 30.2 Å². The van der Waals surface area contributed by atoms with Gasteiger partial charge in [0, 0.05) is 36.5 Å². The molecule has 2 aromatic carbocycles. The highest BCUT2D eigenvalue weighted by Gasteiger charge is 2.39. The fraction of sp³-hybridized carbons (Fsp3) is 0.208. The molecule has 0 aliphatic heterocycles. The van der Waals surface area contributed by atoms with Crippen molar-refractivity contribution in [3.8, 4) is 0 Å². The van der Waals surface area contributed by atoms with Gasteiger partial charge in [-0.2, -0.15) is 0 Å². The third kappa shape index (κ3) is 5.00. The number of pyridine rings is 1. The second kappa shape index (κ2) is 10.1. The van der Waals surface area contributed by atoms with E-state index in [1.54, 1.807) is 24.4 Å². The number of methoxy groups -OCH3 is 1. The zero-order valence-corrected chi connectivity index (χ0v) is 18.7.